The second kappa shape index (κ2) is 12.4. The molecule has 2 aliphatic carbocycles. The van der Waals surface area contributed by atoms with Crippen molar-refractivity contribution in [2.75, 3.05) is 13.7 Å². The molecule has 0 N–H and O–H groups in total. The maximum Gasteiger partial charge on any atom is 0.305 e. The molecular formula is C30H44O5Si. The summed E-state index contributed by atoms with van der Waals surface area (Å²) in [6.07, 6.45) is 11.1. The first kappa shape index (κ1) is 28.4. The van der Waals surface area contributed by atoms with Gasteiger partial charge in [0, 0.05) is 12.3 Å². The van der Waals surface area contributed by atoms with E-state index in [-0.39, 0.29) is 23.0 Å². The first-order valence-corrected chi connectivity index (χ1v) is 16.3. The molecule has 1 aromatic rings. The summed E-state index contributed by atoms with van der Waals surface area (Å²) in [5.41, 5.74) is 0.953. The second-order valence-electron chi connectivity index (χ2n) is 11.7. The lowest BCUT2D eigenvalue weighted by molar-refractivity contribution is -0.140. The zero-order valence-corrected chi connectivity index (χ0v) is 23.9. The van der Waals surface area contributed by atoms with Crippen LogP contribution >= 0.6 is 0 Å². The first-order chi connectivity index (χ1) is 17.0. The van der Waals surface area contributed by atoms with Gasteiger partial charge in [0.05, 0.1) is 13.2 Å². The number of rotatable bonds is 11. The summed E-state index contributed by atoms with van der Waals surface area (Å²) in [6, 6.07) is 9.88. The third kappa shape index (κ3) is 7.42. The number of methoxy groups -OCH3 is 1. The van der Waals surface area contributed by atoms with Crippen LogP contribution in [0.5, 0.6) is 5.75 Å². The Kier molecular flexibility index (Phi) is 9.76. The van der Waals surface area contributed by atoms with E-state index in [2.05, 4.69) is 52.1 Å². The second-order valence-corrected chi connectivity index (χ2v) is 16.5. The Labute approximate surface area is 218 Å². The zero-order valence-electron chi connectivity index (χ0n) is 22.9. The van der Waals surface area contributed by atoms with E-state index in [4.69, 9.17) is 13.9 Å². The van der Waals surface area contributed by atoms with Crippen LogP contribution < -0.4 is 4.74 Å². The highest BCUT2D eigenvalue weighted by molar-refractivity contribution is 6.74. The molecule has 3 rings (SSSR count). The van der Waals surface area contributed by atoms with E-state index in [1.807, 2.05) is 30.3 Å². The number of hydrogen-bond acceptors (Lipinski definition) is 5. The molecule has 0 bridgehead atoms. The van der Waals surface area contributed by atoms with Crippen LogP contribution in [0.4, 0.5) is 0 Å². The van der Waals surface area contributed by atoms with Crippen molar-refractivity contribution in [2.45, 2.75) is 83.5 Å². The van der Waals surface area contributed by atoms with E-state index in [0.717, 1.165) is 43.4 Å². The number of Topliss-reactive ketones (excluding diaryl/α,β-unsaturated/α-hetero) is 1. The number of carbonyl (C=O) groups is 2. The SMILES string of the molecule is COC(=O)CCC/C=C1\CC2C(/C=C/C(COc3ccccc3)O[Si](C)(C)C(C)(C)C)CCC2C1=O. The maximum atomic E-state index is 13.0. The number of unbranched alkanes of at least 4 members (excludes halogenated alkanes) is 1. The molecule has 0 saturated heterocycles. The van der Waals surface area contributed by atoms with E-state index >= 15 is 0 Å². The molecule has 36 heavy (non-hydrogen) atoms. The van der Waals surface area contributed by atoms with Crippen molar-refractivity contribution < 1.29 is 23.5 Å². The molecule has 6 heteroatoms. The van der Waals surface area contributed by atoms with Gasteiger partial charge in [-0.25, -0.2) is 0 Å². The number of fused-ring (bicyclic) bond motifs is 1. The summed E-state index contributed by atoms with van der Waals surface area (Å²) in [6.45, 7) is 11.8. The minimum Gasteiger partial charge on any atom is -0.491 e. The van der Waals surface area contributed by atoms with Gasteiger partial charge < -0.3 is 13.9 Å². The molecule has 0 amide bonds. The van der Waals surface area contributed by atoms with Crippen LogP contribution in [0.15, 0.2) is 54.1 Å². The maximum absolute atomic E-state index is 13.0. The summed E-state index contributed by atoms with van der Waals surface area (Å²) in [7, 11) is -0.580. The molecular weight excluding hydrogens is 468 g/mol. The monoisotopic (exact) mass is 512 g/mol. The standard InChI is InChI=1S/C30H44O5Si/c1-30(2,3)36(5,6)35-25(21-34-24-13-8-7-9-14-24)18-16-22-17-19-26-27(22)20-23(29(26)32)12-10-11-15-28(31)33-4/h7-9,12-14,16,18,22,25-27H,10-11,15,17,19-21H2,1-6H3/b18-16+,23-12+. The van der Waals surface area contributed by atoms with Gasteiger partial charge in [-0.3, -0.25) is 9.59 Å². The van der Waals surface area contributed by atoms with Crippen LogP contribution in [0.2, 0.25) is 18.1 Å². The normalized spacial score (nSPS) is 24.3. The Bertz CT molecular complexity index is 944. The molecule has 0 aliphatic heterocycles. The van der Waals surface area contributed by atoms with Crippen molar-refractivity contribution in [3.63, 3.8) is 0 Å². The summed E-state index contributed by atoms with van der Waals surface area (Å²) < 4.78 is 17.5. The molecule has 198 valence electrons. The van der Waals surface area contributed by atoms with Crippen LogP contribution in [0.3, 0.4) is 0 Å². The minimum absolute atomic E-state index is 0.107. The Morgan fingerprint density at radius 1 is 1.17 bits per heavy atom. The average molecular weight is 513 g/mol. The predicted octanol–water partition coefficient (Wildman–Crippen LogP) is 6.90. The van der Waals surface area contributed by atoms with Crippen LogP contribution in [0.1, 0.15) is 59.3 Å². The van der Waals surface area contributed by atoms with Gasteiger partial charge in [0.15, 0.2) is 14.1 Å². The molecule has 0 aromatic heterocycles. The van der Waals surface area contributed by atoms with E-state index in [9.17, 15) is 9.59 Å². The van der Waals surface area contributed by atoms with Crippen molar-refractivity contribution in [2.24, 2.45) is 17.8 Å². The van der Waals surface area contributed by atoms with Crippen LogP contribution in [0.25, 0.3) is 0 Å². The molecule has 2 saturated carbocycles. The Hall–Kier alpha value is -2.18. The van der Waals surface area contributed by atoms with Gasteiger partial charge in [0.25, 0.3) is 0 Å². The third-order valence-corrected chi connectivity index (χ3v) is 12.7. The van der Waals surface area contributed by atoms with Crippen molar-refractivity contribution >= 4 is 20.1 Å². The number of benzene rings is 1. The fraction of sp³-hybridized carbons (Fsp3) is 0.600. The lowest BCUT2D eigenvalue weighted by Crippen LogP contribution is -2.44. The van der Waals surface area contributed by atoms with Crippen LogP contribution in [0, 0.1) is 17.8 Å². The fourth-order valence-electron chi connectivity index (χ4n) is 5.00. The van der Waals surface area contributed by atoms with Crippen LogP contribution in [-0.4, -0.2) is 39.9 Å². The third-order valence-electron chi connectivity index (χ3n) is 8.17. The zero-order chi connectivity index (χ0) is 26.3. The van der Waals surface area contributed by atoms with Gasteiger partial charge in [-0.1, -0.05) is 57.2 Å². The van der Waals surface area contributed by atoms with E-state index < -0.39 is 8.32 Å². The molecule has 0 spiro atoms. The first-order valence-electron chi connectivity index (χ1n) is 13.4. The van der Waals surface area contributed by atoms with Gasteiger partial charge in [-0.05, 0) is 79.8 Å². The Morgan fingerprint density at radius 3 is 2.56 bits per heavy atom. The van der Waals surface area contributed by atoms with E-state index in [0.29, 0.717) is 30.6 Å². The predicted molar refractivity (Wildman–Crippen MR) is 146 cm³/mol. The molecule has 5 nitrogen and oxygen atoms in total. The van der Waals surface area contributed by atoms with Gasteiger partial charge in [-0.2, -0.15) is 0 Å². The Morgan fingerprint density at radius 2 is 1.89 bits per heavy atom. The van der Waals surface area contributed by atoms with Crippen LogP contribution in [-0.2, 0) is 18.8 Å². The highest BCUT2D eigenvalue weighted by Gasteiger charge is 2.45. The number of ether oxygens (including phenoxy) is 2. The molecule has 0 heterocycles. The number of para-hydroxylation sites is 1. The van der Waals surface area contributed by atoms with Crippen molar-refractivity contribution in [1.29, 1.82) is 0 Å². The number of carbonyl (C=O) groups excluding carboxylic acids is 2. The van der Waals surface area contributed by atoms with E-state index in [1.165, 1.54) is 7.11 Å². The van der Waals surface area contributed by atoms with Gasteiger partial charge >= 0.3 is 5.97 Å². The fourth-order valence-corrected chi connectivity index (χ4v) is 6.26. The van der Waals surface area contributed by atoms with Crippen molar-refractivity contribution in [1.82, 2.24) is 0 Å². The minimum atomic E-state index is -1.99. The van der Waals surface area contributed by atoms with Gasteiger partial charge in [0.2, 0.25) is 0 Å². The summed E-state index contributed by atoms with van der Waals surface area (Å²) >= 11 is 0. The van der Waals surface area contributed by atoms with Gasteiger partial charge in [0.1, 0.15) is 12.4 Å². The van der Waals surface area contributed by atoms with E-state index in [1.54, 1.807) is 0 Å². The van der Waals surface area contributed by atoms with Crippen molar-refractivity contribution in [3.8, 4) is 5.75 Å². The molecule has 1 aromatic carbocycles. The number of esters is 1. The summed E-state index contributed by atoms with van der Waals surface area (Å²) in [5, 5.41) is 0.107. The smallest absolute Gasteiger partial charge is 0.305 e. The summed E-state index contributed by atoms with van der Waals surface area (Å²) in [5.74, 6) is 1.84. The largest absolute Gasteiger partial charge is 0.491 e. The molecule has 2 fully saturated rings. The quantitative estimate of drug-likeness (QED) is 0.106. The topological polar surface area (TPSA) is 61.8 Å². The summed E-state index contributed by atoms with van der Waals surface area (Å²) in [4.78, 5) is 24.3. The molecule has 2 aliphatic rings. The number of ketones is 1. The highest BCUT2D eigenvalue weighted by Crippen LogP contribution is 2.48. The average Bonchev–Trinajstić information content (AvgIpc) is 3.37. The lowest BCUT2D eigenvalue weighted by atomic mass is 9.91. The molecule has 0 radical (unpaired) electrons. The molecule has 4 atom stereocenters. The lowest BCUT2D eigenvalue weighted by Gasteiger charge is -2.38. The Balaban J connectivity index is 1.65. The molecule has 4 unspecified atom stereocenters. The van der Waals surface area contributed by atoms with Crippen molar-refractivity contribution in [3.05, 3.63) is 54.1 Å². The number of hydrogen-bond donors (Lipinski definition) is 0. The highest BCUT2D eigenvalue weighted by atomic mass is 28.4. The van der Waals surface area contributed by atoms with Gasteiger partial charge in [-0.15, -0.1) is 0 Å². The number of allylic oxidation sites excluding steroid dienone is 3.